The molecule has 0 saturated carbocycles. The van der Waals surface area contributed by atoms with Gasteiger partial charge in [0.25, 0.3) is 0 Å². The first-order valence-electron chi connectivity index (χ1n) is 5.66. The molecule has 0 bridgehead atoms. The van der Waals surface area contributed by atoms with Crippen LogP contribution in [0, 0.1) is 0 Å². The number of nitrogens with zero attached hydrogens (tertiary/aromatic N) is 2. The van der Waals surface area contributed by atoms with Crippen LogP contribution in [0.3, 0.4) is 0 Å². The molecule has 1 rings (SSSR count). The van der Waals surface area contributed by atoms with Crippen molar-refractivity contribution in [3.05, 3.63) is 11.7 Å². The third kappa shape index (κ3) is 3.79. The molecule has 0 aliphatic carbocycles. The second-order valence-corrected chi connectivity index (χ2v) is 5.74. The minimum absolute atomic E-state index is 0.0877. The van der Waals surface area contributed by atoms with E-state index in [0.717, 1.165) is 5.75 Å². The maximum absolute atomic E-state index is 9.67. The summed E-state index contributed by atoms with van der Waals surface area (Å²) in [5, 5.41) is 14.1. The third-order valence-electron chi connectivity index (χ3n) is 2.41. The van der Waals surface area contributed by atoms with Crippen molar-refractivity contribution in [2.45, 2.75) is 57.1 Å². The van der Waals surface area contributed by atoms with E-state index in [9.17, 15) is 5.11 Å². The molecule has 1 aromatic rings. The zero-order valence-corrected chi connectivity index (χ0v) is 11.1. The van der Waals surface area contributed by atoms with Gasteiger partial charge in [-0.3, -0.25) is 0 Å². The quantitative estimate of drug-likeness (QED) is 0.833. The Morgan fingerprint density at radius 3 is 2.62 bits per heavy atom. The molecule has 16 heavy (non-hydrogen) atoms. The molecule has 0 aromatic carbocycles. The first-order chi connectivity index (χ1) is 7.54. The number of aliphatic hydroxyl groups excluding tert-OH is 1. The smallest absolute Gasteiger partial charge is 0.232 e. The Hall–Kier alpha value is -0.550. The maximum Gasteiger partial charge on any atom is 0.232 e. The van der Waals surface area contributed by atoms with Crippen LogP contribution in [0.5, 0.6) is 0 Å². The molecule has 1 aromatic heterocycles. The number of thioether (sulfide) groups is 1. The van der Waals surface area contributed by atoms with Gasteiger partial charge >= 0.3 is 0 Å². The second-order valence-electron chi connectivity index (χ2n) is 4.17. The van der Waals surface area contributed by atoms with Crippen molar-refractivity contribution < 1.29 is 9.63 Å². The van der Waals surface area contributed by atoms with Crippen LogP contribution in [-0.4, -0.2) is 26.6 Å². The van der Waals surface area contributed by atoms with Gasteiger partial charge in [0, 0.05) is 0 Å². The fourth-order valence-corrected chi connectivity index (χ4v) is 1.87. The van der Waals surface area contributed by atoms with Gasteiger partial charge < -0.3 is 9.63 Å². The monoisotopic (exact) mass is 244 g/mol. The fraction of sp³-hybridized carbons (Fsp3) is 0.818. The molecule has 0 aliphatic rings. The van der Waals surface area contributed by atoms with Gasteiger partial charge in [-0.15, -0.1) is 0 Å². The summed E-state index contributed by atoms with van der Waals surface area (Å²) in [6, 6.07) is 0. The van der Waals surface area contributed by atoms with E-state index < -0.39 is 6.10 Å². The first-order valence-corrected chi connectivity index (χ1v) is 6.71. The number of aliphatic hydroxyl groups is 1. The van der Waals surface area contributed by atoms with Gasteiger partial charge in [-0.05, 0) is 11.7 Å². The summed E-state index contributed by atoms with van der Waals surface area (Å²) < 4.78 is 5.15. The van der Waals surface area contributed by atoms with Crippen LogP contribution in [-0.2, 0) is 5.75 Å². The molecular weight excluding hydrogens is 224 g/mol. The molecule has 0 fully saturated rings. The Balaban J connectivity index is 2.57. The van der Waals surface area contributed by atoms with Gasteiger partial charge in [0.1, 0.15) is 0 Å². The van der Waals surface area contributed by atoms with Crippen molar-refractivity contribution in [1.29, 1.82) is 0 Å². The zero-order chi connectivity index (χ0) is 12.1. The van der Waals surface area contributed by atoms with E-state index >= 15 is 0 Å². The molecular formula is C11H20N2O2S. The van der Waals surface area contributed by atoms with Crippen molar-refractivity contribution in [3.63, 3.8) is 0 Å². The Morgan fingerprint density at radius 1 is 1.38 bits per heavy atom. The average molecular weight is 244 g/mol. The normalized spacial score (nSPS) is 15.4. The average Bonchev–Trinajstić information content (AvgIpc) is 2.72. The Morgan fingerprint density at radius 2 is 2.06 bits per heavy atom. The lowest BCUT2D eigenvalue weighted by Gasteiger charge is -2.11. The largest absolute Gasteiger partial charge is 0.392 e. The van der Waals surface area contributed by atoms with Crippen LogP contribution in [0.2, 0.25) is 0 Å². The lowest BCUT2D eigenvalue weighted by atomic mass is 10.0. The van der Waals surface area contributed by atoms with Crippen molar-refractivity contribution in [1.82, 2.24) is 10.1 Å². The van der Waals surface area contributed by atoms with E-state index in [1.54, 1.807) is 11.8 Å². The zero-order valence-electron chi connectivity index (χ0n) is 10.3. The highest BCUT2D eigenvalue weighted by atomic mass is 32.2. The van der Waals surface area contributed by atoms with Crippen LogP contribution in [0.1, 0.15) is 51.7 Å². The molecule has 4 nitrogen and oxygen atoms in total. The SMILES string of the molecule is CCC(O)C(C)c1nc(CSC(C)C)no1. The first kappa shape index (κ1) is 13.5. The lowest BCUT2D eigenvalue weighted by molar-refractivity contribution is 0.129. The summed E-state index contributed by atoms with van der Waals surface area (Å²) >= 11 is 1.78. The van der Waals surface area contributed by atoms with Crippen LogP contribution in [0.15, 0.2) is 4.52 Å². The predicted molar refractivity (Wildman–Crippen MR) is 65.4 cm³/mol. The van der Waals surface area contributed by atoms with E-state index in [4.69, 9.17) is 4.52 Å². The Kier molecular flexibility index (Phi) is 5.28. The second kappa shape index (κ2) is 6.25. The van der Waals surface area contributed by atoms with Crippen LogP contribution in [0.25, 0.3) is 0 Å². The molecule has 0 spiro atoms. The van der Waals surface area contributed by atoms with Gasteiger partial charge in [0.2, 0.25) is 5.89 Å². The van der Waals surface area contributed by atoms with E-state index in [1.807, 2.05) is 13.8 Å². The Labute approximate surface area is 101 Å². The molecule has 2 atom stereocenters. The van der Waals surface area contributed by atoms with E-state index in [-0.39, 0.29) is 5.92 Å². The van der Waals surface area contributed by atoms with E-state index in [2.05, 4.69) is 24.0 Å². The molecule has 5 heteroatoms. The Bertz CT molecular complexity index is 315. The molecule has 0 aliphatic heterocycles. The number of hydrogen-bond donors (Lipinski definition) is 1. The van der Waals surface area contributed by atoms with E-state index in [1.165, 1.54) is 0 Å². The highest BCUT2D eigenvalue weighted by molar-refractivity contribution is 7.99. The molecule has 1 heterocycles. The van der Waals surface area contributed by atoms with Crippen LogP contribution >= 0.6 is 11.8 Å². The fourth-order valence-electron chi connectivity index (χ4n) is 1.27. The molecule has 92 valence electrons. The summed E-state index contributed by atoms with van der Waals surface area (Å²) in [7, 11) is 0. The molecule has 0 amide bonds. The van der Waals surface area contributed by atoms with E-state index in [0.29, 0.717) is 23.4 Å². The van der Waals surface area contributed by atoms with Gasteiger partial charge in [-0.2, -0.15) is 16.7 Å². The molecule has 0 saturated heterocycles. The van der Waals surface area contributed by atoms with Crippen molar-refractivity contribution in [2.24, 2.45) is 0 Å². The van der Waals surface area contributed by atoms with Gasteiger partial charge in [-0.1, -0.05) is 32.9 Å². The van der Waals surface area contributed by atoms with Gasteiger partial charge in [0.05, 0.1) is 17.8 Å². The summed E-state index contributed by atoms with van der Waals surface area (Å²) in [5.41, 5.74) is 0. The van der Waals surface area contributed by atoms with Crippen molar-refractivity contribution >= 4 is 11.8 Å². The highest BCUT2D eigenvalue weighted by Gasteiger charge is 2.20. The van der Waals surface area contributed by atoms with Crippen LogP contribution < -0.4 is 0 Å². The summed E-state index contributed by atoms with van der Waals surface area (Å²) in [4.78, 5) is 4.29. The van der Waals surface area contributed by atoms with Crippen molar-refractivity contribution in [2.75, 3.05) is 0 Å². The minimum Gasteiger partial charge on any atom is -0.392 e. The molecule has 1 N–H and O–H groups in total. The summed E-state index contributed by atoms with van der Waals surface area (Å²) in [5.74, 6) is 1.92. The number of rotatable bonds is 6. The molecule has 2 unspecified atom stereocenters. The number of hydrogen-bond acceptors (Lipinski definition) is 5. The van der Waals surface area contributed by atoms with Gasteiger partial charge in [0.15, 0.2) is 5.82 Å². The predicted octanol–water partition coefficient (Wildman–Crippen LogP) is 2.59. The molecule has 0 radical (unpaired) electrons. The summed E-state index contributed by atoms with van der Waals surface area (Å²) in [6.07, 6.45) is 0.283. The summed E-state index contributed by atoms with van der Waals surface area (Å²) in [6.45, 7) is 8.11. The third-order valence-corrected chi connectivity index (χ3v) is 3.51. The lowest BCUT2D eigenvalue weighted by Crippen LogP contribution is -2.14. The standard InChI is InChI=1S/C11H20N2O2S/c1-5-9(14)8(4)11-12-10(13-15-11)6-16-7(2)3/h7-9,14H,5-6H2,1-4H3. The maximum atomic E-state index is 9.67. The topological polar surface area (TPSA) is 59.2 Å². The van der Waals surface area contributed by atoms with Crippen molar-refractivity contribution in [3.8, 4) is 0 Å². The number of aromatic nitrogens is 2. The minimum atomic E-state index is -0.411. The van der Waals surface area contributed by atoms with Crippen LogP contribution in [0.4, 0.5) is 0 Å². The van der Waals surface area contributed by atoms with Gasteiger partial charge in [-0.25, -0.2) is 0 Å². The highest BCUT2D eigenvalue weighted by Crippen LogP contribution is 2.21.